The van der Waals surface area contributed by atoms with Crippen LogP contribution in [-0.2, 0) is 9.59 Å². The predicted molar refractivity (Wildman–Crippen MR) is 85.1 cm³/mol. The molecule has 1 amide bonds. The Morgan fingerprint density at radius 3 is 2.77 bits per heavy atom. The Kier molecular flexibility index (Phi) is 6.00. The number of rotatable bonds is 5. The maximum Gasteiger partial charge on any atom is 0.305 e. The fourth-order valence-corrected chi connectivity index (χ4v) is 3.40. The van der Waals surface area contributed by atoms with Gasteiger partial charge in [0.25, 0.3) is 0 Å². The second kappa shape index (κ2) is 7.98. The standard InChI is InChI=1S/C16H18FNO3S/c17-13-6-4-12(5-7-13)2-1-3-15(19)18-8-9-22-11-14(18)10-16(20)21/h1-2,4-7,14H,3,8-11H2,(H,20,21)/b2-1+. The Bertz CT molecular complexity index is 559. The fraction of sp³-hybridized carbons (Fsp3) is 0.375. The molecule has 4 nitrogen and oxygen atoms in total. The van der Waals surface area contributed by atoms with E-state index >= 15 is 0 Å². The zero-order valence-corrected chi connectivity index (χ0v) is 12.9. The topological polar surface area (TPSA) is 57.6 Å². The van der Waals surface area contributed by atoms with Crippen molar-refractivity contribution >= 4 is 29.7 Å². The first-order chi connectivity index (χ1) is 10.6. The summed E-state index contributed by atoms with van der Waals surface area (Å²) in [6, 6.07) is 5.78. The van der Waals surface area contributed by atoms with Crippen LogP contribution in [-0.4, -0.2) is 46.0 Å². The lowest BCUT2D eigenvalue weighted by molar-refractivity contribution is -0.140. The van der Waals surface area contributed by atoms with Crippen molar-refractivity contribution in [2.45, 2.75) is 18.9 Å². The van der Waals surface area contributed by atoms with Crippen LogP contribution in [0.4, 0.5) is 4.39 Å². The molecule has 0 aromatic heterocycles. The van der Waals surface area contributed by atoms with Crippen LogP contribution < -0.4 is 0 Å². The minimum absolute atomic E-state index is 0.0135. The number of thioether (sulfide) groups is 1. The average Bonchev–Trinajstić information content (AvgIpc) is 2.49. The molecule has 1 N–H and O–H groups in total. The van der Waals surface area contributed by atoms with Gasteiger partial charge in [0.15, 0.2) is 0 Å². The molecule has 6 heteroatoms. The summed E-state index contributed by atoms with van der Waals surface area (Å²) in [5.74, 6) is 0.260. The highest BCUT2D eigenvalue weighted by molar-refractivity contribution is 7.99. The normalized spacial score (nSPS) is 18.6. The van der Waals surface area contributed by atoms with Crippen LogP contribution in [0, 0.1) is 5.82 Å². The molecule has 0 saturated carbocycles. The SMILES string of the molecule is O=C(O)CC1CSCCN1C(=O)C/C=C/c1ccc(F)cc1. The van der Waals surface area contributed by atoms with Gasteiger partial charge in [0.2, 0.25) is 5.91 Å². The number of carboxylic acids is 1. The van der Waals surface area contributed by atoms with Gasteiger partial charge in [-0.15, -0.1) is 0 Å². The number of nitrogens with zero attached hydrogens (tertiary/aromatic N) is 1. The first kappa shape index (κ1) is 16.5. The van der Waals surface area contributed by atoms with Gasteiger partial charge in [0, 0.05) is 24.5 Å². The molecule has 1 saturated heterocycles. The highest BCUT2D eigenvalue weighted by Crippen LogP contribution is 2.20. The van der Waals surface area contributed by atoms with Crippen LogP contribution in [0.1, 0.15) is 18.4 Å². The lowest BCUT2D eigenvalue weighted by atomic mass is 10.1. The van der Waals surface area contributed by atoms with Gasteiger partial charge in [-0.3, -0.25) is 9.59 Å². The number of hydrogen-bond donors (Lipinski definition) is 1. The number of halogens is 1. The van der Waals surface area contributed by atoms with E-state index in [0.29, 0.717) is 12.3 Å². The van der Waals surface area contributed by atoms with Gasteiger partial charge in [0.1, 0.15) is 5.82 Å². The van der Waals surface area contributed by atoms with E-state index in [1.54, 1.807) is 40.9 Å². The molecular weight excluding hydrogens is 305 g/mol. The molecule has 22 heavy (non-hydrogen) atoms. The largest absolute Gasteiger partial charge is 0.481 e. The van der Waals surface area contributed by atoms with Crippen LogP contribution in [0.2, 0.25) is 0 Å². The summed E-state index contributed by atoms with van der Waals surface area (Å²) in [5.41, 5.74) is 0.825. The van der Waals surface area contributed by atoms with E-state index < -0.39 is 5.97 Å². The van der Waals surface area contributed by atoms with Gasteiger partial charge >= 0.3 is 5.97 Å². The molecule has 1 aliphatic heterocycles. The van der Waals surface area contributed by atoms with Crippen molar-refractivity contribution in [3.8, 4) is 0 Å². The minimum Gasteiger partial charge on any atom is -0.481 e. The maximum absolute atomic E-state index is 12.8. The van der Waals surface area contributed by atoms with Crippen LogP contribution in [0.25, 0.3) is 6.08 Å². The van der Waals surface area contributed by atoms with Crippen LogP contribution in [0.3, 0.4) is 0 Å². The Hall–Kier alpha value is -1.82. The zero-order valence-electron chi connectivity index (χ0n) is 12.1. The second-order valence-corrected chi connectivity index (χ2v) is 6.22. The molecule has 118 valence electrons. The molecule has 1 unspecified atom stereocenters. The molecule has 0 aliphatic carbocycles. The number of amides is 1. The van der Waals surface area contributed by atoms with E-state index in [-0.39, 0.29) is 30.6 Å². The minimum atomic E-state index is -0.882. The van der Waals surface area contributed by atoms with E-state index in [1.807, 2.05) is 0 Å². The number of hydrogen-bond acceptors (Lipinski definition) is 3. The summed E-state index contributed by atoms with van der Waals surface area (Å²) in [5, 5.41) is 8.92. The first-order valence-electron chi connectivity index (χ1n) is 7.07. The molecule has 1 aliphatic rings. The number of benzene rings is 1. The Morgan fingerprint density at radius 2 is 2.09 bits per heavy atom. The molecule has 1 aromatic rings. The third kappa shape index (κ3) is 4.87. The first-order valence-corrected chi connectivity index (χ1v) is 8.23. The third-order valence-corrected chi connectivity index (χ3v) is 4.52. The molecule has 1 aromatic carbocycles. The number of carbonyl (C=O) groups excluding carboxylic acids is 1. The molecule has 1 heterocycles. The lowest BCUT2D eigenvalue weighted by Crippen LogP contribution is -2.46. The van der Waals surface area contributed by atoms with Crippen LogP contribution in [0.5, 0.6) is 0 Å². The monoisotopic (exact) mass is 323 g/mol. The van der Waals surface area contributed by atoms with Gasteiger partial charge in [-0.1, -0.05) is 24.3 Å². The molecule has 0 bridgehead atoms. The van der Waals surface area contributed by atoms with Crippen molar-refractivity contribution in [3.63, 3.8) is 0 Å². The van der Waals surface area contributed by atoms with Crippen molar-refractivity contribution < 1.29 is 19.1 Å². The Labute approximate surface area is 133 Å². The van der Waals surface area contributed by atoms with Crippen molar-refractivity contribution in [3.05, 3.63) is 41.7 Å². The predicted octanol–water partition coefficient (Wildman–Crippen LogP) is 2.65. The van der Waals surface area contributed by atoms with Crippen LogP contribution in [0.15, 0.2) is 30.3 Å². The van der Waals surface area contributed by atoms with E-state index in [1.165, 1.54) is 12.1 Å². The number of carbonyl (C=O) groups is 2. The van der Waals surface area contributed by atoms with Gasteiger partial charge in [-0.25, -0.2) is 4.39 Å². The molecule has 2 rings (SSSR count). The summed E-state index contributed by atoms with van der Waals surface area (Å²) in [4.78, 5) is 24.8. The van der Waals surface area contributed by atoms with E-state index in [2.05, 4.69) is 0 Å². The molecule has 0 radical (unpaired) electrons. The number of carboxylic acid groups (broad SMARTS) is 1. The van der Waals surface area contributed by atoms with Crippen molar-refractivity contribution in [1.82, 2.24) is 4.90 Å². The molecule has 1 fully saturated rings. The van der Waals surface area contributed by atoms with Crippen LogP contribution >= 0.6 is 11.8 Å². The fourth-order valence-electron chi connectivity index (χ4n) is 2.34. The molecular formula is C16H18FNO3S. The quantitative estimate of drug-likeness (QED) is 0.905. The lowest BCUT2D eigenvalue weighted by Gasteiger charge is -2.34. The van der Waals surface area contributed by atoms with Crippen molar-refractivity contribution in [2.75, 3.05) is 18.1 Å². The van der Waals surface area contributed by atoms with Crippen molar-refractivity contribution in [2.24, 2.45) is 0 Å². The van der Waals surface area contributed by atoms with E-state index in [9.17, 15) is 14.0 Å². The summed E-state index contributed by atoms with van der Waals surface area (Å²) < 4.78 is 12.8. The molecule has 1 atom stereocenters. The summed E-state index contributed by atoms with van der Waals surface area (Å²) >= 11 is 1.68. The Morgan fingerprint density at radius 1 is 1.36 bits per heavy atom. The van der Waals surface area contributed by atoms with E-state index in [0.717, 1.165) is 11.3 Å². The Balaban J connectivity index is 1.92. The smallest absolute Gasteiger partial charge is 0.305 e. The van der Waals surface area contributed by atoms with Crippen molar-refractivity contribution in [1.29, 1.82) is 0 Å². The summed E-state index contributed by atoms with van der Waals surface area (Å²) in [6.07, 6.45) is 3.70. The summed E-state index contributed by atoms with van der Waals surface area (Å²) in [7, 11) is 0. The van der Waals surface area contributed by atoms with Gasteiger partial charge in [-0.05, 0) is 17.7 Å². The average molecular weight is 323 g/mol. The highest BCUT2D eigenvalue weighted by atomic mass is 32.2. The van der Waals surface area contributed by atoms with Gasteiger partial charge in [0.05, 0.1) is 12.5 Å². The van der Waals surface area contributed by atoms with Gasteiger partial charge < -0.3 is 10.0 Å². The number of aliphatic carboxylic acids is 1. The molecule has 0 spiro atoms. The zero-order chi connectivity index (χ0) is 15.9. The highest BCUT2D eigenvalue weighted by Gasteiger charge is 2.27. The third-order valence-electron chi connectivity index (χ3n) is 3.43. The summed E-state index contributed by atoms with van der Waals surface area (Å²) in [6.45, 7) is 0.589. The van der Waals surface area contributed by atoms with E-state index in [4.69, 9.17) is 5.11 Å². The second-order valence-electron chi connectivity index (χ2n) is 5.07. The van der Waals surface area contributed by atoms with Gasteiger partial charge in [-0.2, -0.15) is 11.8 Å². The maximum atomic E-state index is 12.8.